The summed E-state index contributed by atoms with van der Waals surface area (Å²) in [4.78, 5) is 24.8. The van der Waals surface area contributed by atoms with Crippen LogP contribution in [0.15, 0.2) is 48.5 Å². The summed E-state index contributed by atoms with van der Waals surface area (Å²) in [6.45, 7) is 7.22. The highest BCUT2D eigenvalue weighted by molar-refractivity contribution is 6.04. The van der Waals surface area contributed by atoms with Gasteiger partial charge in [0.25, 0.3) is 11.8 Å². The van der Waals surface area contributed by atoms with Crippen LogP contribution in [0.25, 0.3) is 0 Å². The molecule has 2 N–H and O–H groups in total. The third-order valence-electron chi connectivity index (χ3n) is 3.41. The van der Waals surface area contributed by atoms with Crippen molar-refractivity contribution >= 4 is 17.5 Å². The van der Waals surface area contributed by atoms with E-state index in [1.54, 1.807) is 31.2 Å². The lowest BCUT2D eigenvalue weighted by Crippen LogP contribution is -2.41. The van der Waals surface area contributed by atoms with E-state index < -0.39 is 17.6 Å². The monoisotopic (exact) mass is 358 g/mol. The molecule has 0 bridgehead atoms. The van der Waals surface area contributed by atoms with E-state index >= 15 is 0 Å². The molecular weight excluding hydrogens is 335 g/mol. The number of carbonyl (C=O) groups excluding carboxylic acids is 2. The molecule has 0 radical (unpaired) electrons. The van der Waals surface area contributed by atoms with Crippen LogP contribution < -0.4 is 15.4 Å². The summed E-state index contributed by atoms with van der Waals surface area (Å²) in [7, 11) is 0. The summed E-state index contributed by atoms with van der Waals surface area (Å²) in [5, 5.41) is 5.58. The molecule has 6 heteroatoms. The summed E-state index contributed by atoms with van der Waals surface area (Å²) in [5.74, 6) is -0.688. The van der Waals surface area contributed by atoms with Crippen molar-refractivity contribution < 1.29 is 18.7 Å². The van der Waals surface area contributed by atoms with E-state index in [1.165, 1.54) is 24.3 Å². The molecule has 2 amide bonds. The van der Waals surface area contributed by atoms with Gasteiger partial charge < -0.3 is 15.4 Å². The molecule has 2 rings (SSSR count). The smallest absolute Gasteiger partial charge is 0.265 e. The molecule has 0 fully saturated rings. The van der Waals surface area contributed by atoms with E-state index in [2.05, 4.69) is 10.6 Å². The minimum Gasteiger partial charge on any atom is -0.481 e. The fourth-order valence-corrected chi connectivity index (χ4v) is 2.20. The first kappa shape index (κ1) is 19.4. The zero-order chi connectivity index (χ0) is 19.3. The predicted molar refractivity (Wildman–Crippen MR) is 98.8 cm³/mol. The second-order valence-electron chi connectivity index (χ2n) is 6.95. The van der Waals surface area contributed by atoms with Crippen molar-refractivity contribution in [1.29, 1.82) is 0 Å². The Kier molecular flexibility index (Phi) is 5.97. The summed E-state index contributed by atoms with van der Waals surface area (Å²) in [6, 6.07) is 12.2. The van der Waals surface area contributed by atoms with Crippen molar-refractivity contribution in [3.05, 3.63) is 59.9 Å². The largest absolute Gasteiger partial charge is 0.481 e. The van der Waals surface area contributed by atoms with Crippen LogP contribution in [0.2, 0.25) is 0 Å². The highest BCUT2D eigenvalue weighted by Gasteiger charge is 2.21. The molecule has 0 spiro atoms. The Morgan fingerprint density at radius 2 is 1.65 bits per heavy atom. The van der Waals surface area contributed by atoms with E-state index in [0.29, 0.717) is 17.0 Å². The molecule has 138 valence electrons. The maximum absolute atomic E-state index is 12.9. The maximum Gasteiger partial charge on any atom is 0.265 e. The highest BCUT2D eigenvalue weighted by Crippen LogP contribution is 2.18. The van der Waals surface area contributed by atoms with Crippen molar-refractivity contribution in [2.24, 2.45) is 0 Å². The molecule has 2 aromatic rings. The normalized spacial score (nSPS) is 12.2. The SMILES string of the molecule is C[C@@H](Oc1ccc(F)cc1)C(=O)Nc1ccccc1C(=O)NC(C)(C)C. The Morgan fingerprint density at radius 1 is 1.04 bits per heavy atom. The van der Waals surface area contributed by atoms with Crippen LogP contribution in [0.4, 0.5) is 10.1 Å². The molecule has 0 aliphatic rings. The number of anilines is 1. The second-order valence-corrected chi connectivity index (χ2v) is 6.95. The van der Waals surface area contributed by atoms with Crippen LogP contribution in [0.5, 0.6) is 5.75 Å². The van der Waals surface area contributed by atoms with Gasteiger partial charge in [0.2, 0.25) is 0 Å². The second kappa shape index (κ2) is 7.99. The van der Waals surface area contributed by atoms with Crippen molar-refractivity contribution in [2.45, 2.75) is 39.3 Å². The maximum atomic E-state index is 12.9. The zero-order valence-electron chi connectivity index (χ0n) is 15.3. The van der Waals surface area contributed by atoms with Crippen LogP contribution in [0, 0.1) is 5.82 Å². The van der Waals surface area contributed by atoms with E-state index in [0.717, 1.165) is 0 Å². The molecule has 0 saturated heterocycles. The topological polar surface area (TPSA) is 67.4 Å². The molecule has 0 saturated carbocycles. The van der Waals surface area contributed by atoms with Gasteiger partial charge in [0, 0.05) is 5.54 Å². The molecule has 0 heterocycles. The molecule has 1 atom stereocenters. The number of ether oxygens (including phenoxy) is 1. The van der Waals surface area contributed by atoms with E-state index in [4.69, 9.17) is 4.74 Å². The number of halogens is 1. The first-order valence-electron chi connectivity index (χ1n) is 8.30. The van der Waals surface area contributed by atoms with Gasteiger partial charge in [-0.3, -0.25) is 9.59 Å². The van der Waals surface area contributed by atoms with Gasteiger partial charge in [-0.2, -0.15) is 0 Å². The number of amides is 2. The number of nitrogens with one attached hydrogen (secondary N) is 2. The Morgan fingerprint density at radius 3 is 2.27 bits per heavy atom. The fraction of sp³-hybridized carbons (Fsp3) is 0.300. The van der Waals surface area contributed by atoms with Crippen LogP contribution in [-0.4, -0.2) is 23.5 Å². The van der Waals surface area contributed by atoms with Crippen LogP contribution in [-0.2, 0) is 4.79 Å². The lowest BCUT2D eigenvalue weighted by atomic mass is 10.1. The molecule has 0 aliphatic carbocycles. The number of hydrogen-bond acceptors (Lipinski definition) is 3. The minimum absolute atomic E-state index is 0.277. The summed E-state index contributed by atoms with van der Waals surface area (Å²) >= 11 is 0. The molecule has 26 heavy (non-hydrogen) atoms. The number of rotatable bonds is 5. The average Bonchev–Trinajstić information content (AvgIpc) is 2.55. The number of benzene rings is 2. The Bertz CT molecular complexity index is 782. The minimum atomic E-state index is -0.820. The predicted octanol–water partition coefficient (Wildman–Crippen LogP) is 3.76. The molecule has 2 aromatic carbocycles. The van der Waals surface area contributed by atoms with Crippen LogP contribution in [0.3, 0.4) is 0 Å². The summed E-state index contributed by atoms with van der Waals surface area (Å²) < 4.78 is 18.4. The lowest BCUT2D eigenvalue weighted by Gasteiger charge is -2.22. The summed E-state index contributed by atoms with van der Waals surface area (Å²) in [5.41, 5.74) is 0.367. The van der Waals surface area contributed by atoms with Gasteiger partial charge in [-0.25, -0.2) is 4.39 Å². The Balaban J connectivity index is 2.08. The first-order valence-corrected chi connectivity index (χ1v) is 8.30. The lowest BCUT2D eigenvalue weighted by molar-refractivity contribution is -0.122. The van der Waals surface area contributed by atoms with Gasteiger partial charge in [0.15, 0.2) is 6.10 Å². The van der Waals surface area contributed by atoms with Gasteiger partial charge in [0.05, 0.1) is 11.3 Å². The van der Waals surface area contributed by atoms with Crippen molar-refractivity contribution in [3.63, 3.8) is 0 Å². The molecule has 0 aliphatic heterocycles. The third-order valence-corrected chi connectivity index (χ3v) is 3.41. The van der Waals surface area contributed by atoms with Crippen LogP contribution in [0.1, 0.15) is 38.1 Å². The van der Waals surface area contributed by atoms with Gasteiger partial charge in [-0.1, -0.05) is 12.1 Å². The van der Waals surface area contributed by atoms with Gasteiger partial charge >= 0.3 is 0 Å². The zero-order valence-corrected chi connectivity index (χ0v) is 15.3. The van der Waals surface area contributed by atoms with Crippen LogP contribution >= 0.6 is 0 Å². The number of para-hydroxylation sites is 1. The van der Waals surface area contributed by atoms with Crippen molar-refractivity contribution in [3.8, 4) is 5.75 Å². The molecule has 5 nitrogen and oxygen atoms in total. The molecule has 0 aromatic heterocycles. The van der Waals surface area contributed by atoms with E-state index in [9.17, 15) is 14.0 Å². The van der Waals surface area contributed by atoms with Crippen molar-refractivity contribution in [1.82, 2.24) is 5.32 Å². The van der Waals surface area contributed by atoms with Gasteiger partial charge in [0.1, 0.15) is 11.6 Å². The third kappa shape index (κ3) is 5.58. The van der Waals surface area contributed by atoms with Gasteiger partial charge in [-0.15, -0.1) is 0 Å². The fourth-order valence-electron chi connectivity index (χ4n) is 2.20. The quantitative estimate of drug-likeness (QED) is 0.855. The molecule has 0 unspecified atom stereocenters. The Labute approximate surface area is 152 Å². The number of hydrogen-bond donors (Lipinski definition) is 2. The van der Waals surface area contributed by atoms with Gasteiger partial charge in [-0.05, 0) is 64.1 Å². The molecular formula is C20H23FN2O3. The highest BCUT2D eigenvalue weighted by atomic mass is 19.1. The summed E-state index contributed by atoms with van der Waals surface area (Å²) in [6.07, 6.45) is -0.820. The standard InChI is InChI=1S/C20H23FN2O3/c1-13(26-15-11-9-14(21)10-12-15)18(24)22-17-8-6-5-7-16(17)19(25)23-20(2,3)4/h5-13H,1-4H3,(H,22,24)(H,23,25)/t13-/m1/s1. The Hall–Kier alpha value is -2.89. The van der Waals surface area contributed by atoms with E-state index in [-0.39, 0.29) is 11.7 Å². The van der Waals surface area contributed by atoms with Crippen molar-refractivity contribution in [2.75, 3.05) is 5.32 Å². The number of carbonyl (C=O) groups is 2. The first-order chi connectivity index (χ1) is 12.2. The average molecular weight is 358 g/mol. The van der Waals surface area contributed by atoms with E-state index in [1.807, 2.05) is 20.8 Å².